The second-order valence-electron chi connectivity index (χ2n) is 7.30. The van der Waals surface area contributed by atoms with Gasteiger partial charge in [-0.25, -0.2) is 8.42 Å². The standard InChI is InChI=1S/C23H21BrN2O3S/c1-16-4-11-21(12-5-16)30(28,29)26-14-2-3-17-15-18(6-13-22(17)26)23(27)25-20-9-7-19(24)8-10-20/h4-13,15H,2-3,14H2,1H3,(H,25,27). The molecule has 30 heavy (non-hydrogen) atoms. The summed E-state index contributed by atoms with van der Waals surface area (Å²) < 4.78 is 28.8. The Morgan fingerprint density at radius 3 is 2.40 bits per heavy atom. The minimum Gasteiger partial charge on any atom is -0.322 e. The second-order valence-corrected chi connectivity index (χ2v) is 10.1. The lowest BCUT2D eigenvalue weighted by Gasteiger charge is -2.30. The summed E-state index contributed by atoms with van der Waals surface area (Å²) in [6, 6.07) is 19.4. The number of hydrogen-bond donors (Lipinski definition) is 1. The summed E-state index contributed by atoms with van der Waals surface area (Å²) in [4.78, 5) is 12.9. The number of carbonyl (C=O) groups is 1. The minimum atomic E-state index is -3.65. The fourth-order valence-corrected chi connectivity index (χ4v) is 5.33. The summed E-state index contributed by atoms with van der Waals surface area (Å²) in [6.45, 7) is 2.35. The van der Waals surface area contributed by atoms with E-state index < -0.39 is 10.0 Å². The summed E-state index contributed by atoms with van der Waals surface area (Å²) in [6.07, 6.45) is 1.44. The zero-order chi connectivity index (χ0) is 21.3. The predicted molar refractivity (Wildman–Crippen MR) is 123 cm³/mol. The van der Waals surface area contributed by atoms with E-state index in [1.165, 1.54) is 4.31 Å². The third-order valence-electron chi connectivity index (χ3n) is 5.13. The molecule has 1 aliphatic rings. The van der Waals surface area contributed by atoms with Crippen molar-refractivity contribution in [3.05, 3.63) is 87.9 Å². The molecule has 0 bridgehead atoms. The highest BCUT2D eigenvalue weighted by atomic mass is 79.9. The molecule has 0 radical (unpaired) electrons. The van der Waals surface area contributed by atoms with Crippen LogP contribution in [0, 0.1) is 6.92 Å². The molecule has 4 rings (SSSR count). The number of hydrogen-bond acceptors (Lipinski definition) is 3. The quantitative estimate of drug-likeness (QED) is 0.556. The predicted octanol–water partition coefficient (Wildman–Crippen LogP) is 5.15. The number of amides is 1. The lowest BCUT2D eigenvalue weighted by molar-refractivity contribution is 0.102. The Bertz CT molecular complexity index is 1190. The number of sulfonamides is 1. The summed E-state index contributed by atoms with van der Waals surface area (Å²) in [5, 5.41) is 2.87. The van der Waals surface area contributed by atoms with Gasteiger partial charge in [0.1, 0.15) is 0 Å². The van der Waals surface area contributed by atoms with E-state index in [0.29, 0.717) is 29.9 Å². The highest BCUT2D eigenvalue weighted by molar-refractivity contribution is 9.10. The van der Waals surface area contributed by atoms with Gasteiger partial charge in [0.15, 0.2) is 0 Å². The topological polar surface area (TPSA) is 66.5 Å². The molecule has 154 valence electrons. The molecular formula is C23H21BrN2O3S. The van der Waals surface area contributed by atoms with Crippen molar-refractivity contribution in [3.63, 3.8) is 0 Å². The number of halogens is 1. The Balaban J connectivity index is 1.61. The van der Waals surface area contributed by atoms with Gasteiger partial charge in [0.2, 0.25) is 0 Å². The Morgan fingerprint density at radius 2 is 1.70 bits per heavy atom. The van der Waals surface area contributed by atoms with E-state index in [-0.39, 0.29) is 10.8 Å². The largest absolute Gasteiger partial charge is 0.322 e. The number of benzene rings is 3. The van der Waals surface area contributed by atoms with Gasteiger partial charge in [-0.2, -0.15) is 0 Å². The van der Waals surface area contributed by atoms with Crippen LogP contribution in [0.25, 0.3) is 0 Å². The molecule has 1 N–H and O–H groups in total. The maximum Gasteiger partial charge on any atom is 0.264 e. The summed E-state index contributed by atoms with van der Waals surface area (Å²) in [7, 11) is -3.65. The maximum absolute atomic E-state index is 13.2. The van der Waals surface area contributed by atoms with E-state index in [1.807, 2.05) is 31.2 Å². The fraction of sp³-hybridized carbons (Fsp3) is 0.174. The number of carbonyl (C=O) groups excluding carboxylic acids is 1. The Hall–Kier alpha value is -2.64. The molecule has 3 aromatic rings. The first-order chi connectivity index (χ1) is 14.3. The van der Waals surface area contributed by atoms with Gasteiger partial charge >= 0.3 is 0 Å². The molecule has 0 spiro atoms. The van der Waals surface area contributed by atoms with Gasteiger partial charge in [-0.3, -0.25) is 9.10 Å². The molecule has 3 aromatic carbocycles. The molecule has 1 aliphatic heterocycles. The molecule has 1 heterocycles. The van der Waals surface area contributed by atoms with Crippen LogP contribution in [0.4, 0.5) is 11.4 Å². The fourth-order valence-electron chi connectivity index (χ4n) is 3.53. The summed E-state index contributed by atoms with van der Waals surface area (Å²) >= 11 is 3.37. The van der Waals surface area contributed by atoms with Gasteiger partial charge in [-0.15, -0.1) is 0 Å². The van der Waals surface area contributed by atoms with Crippen LogP contribution in [0.2, 0.25) is 0 Å². The molecule has 0 saturated heterocycles. The molecule has 0 aliphatic carbocycles. The molecular weight excluding hydrogens is 464 g/mol. The summed E-state index contributed by atoms with van der Waals surface area (Å²) in [5.41, 5.74) is 3.72. The number of anilines is 2. The van der Waals surface area contributed by atoms with Gasteiger partial charge in [0.05, 0.1) is 10.6 Å². The van der Waals surface area contributed by atoms with Crippen molar-refractivity contribution in [2.45, 2.75) is 24.7 Å². The van der Waals surface area contributed by atoms with E-state index in [9.17, 15) is 13.2 Å². The Kier molecular flexibility index (Phi) is 5.66. The highest BCUT2D eigenvalue weighted by Gasteiger charge is 2.29. The van der Waals surface area contributed by atoms with Gasteiger partial charge in [0, 0.05) is 22.3 Å². The van der Waals surface area contributed by atoms with Gasteiger partial charge < -0.3 is 5.32 Å². The zero-order valence-corrected chi connectivity index (χ0v) is 18.8. The first-order valence-electron chi connectivity index (χ1n) is 9.64. The molecule has 0 aromatic heterocycles. The SMILES string of the molecule is Cc1ccc(S(=O)(=O)N2CCCc3cc(C(=O)Nc4ccc(Br)cc4)ccc32)cc1. The van der Waals surface area contributed by atoms with Crippen LogP contribution >= 0.6 is 15.9 Å². The third kappa shape index (κ3) is 4.13. The summed E-state index contributed by atoms with van der Waals surface area (Å²) in [5.74, 6) is -0.223. The van der Waals surface area contributed by atoms with Gasteiger partial charge in [-0.1, -0.05) is 33.6 Å². The van der Waals surface area contributed by atoms with Crippen molar-refractivity contribution in [1.29, 1.82) is 0 Å². The van der Waals surface area contributed by atoms with Crippen LogP contribution in [0.5, 0.6) is 0 Å². The number of fused-ring (bicyclic) bond motifs is 1. The van der Waals surface area contributed by atoms with Crippen LogP contribution in [0.1, 0.15) is 27.9 Å². The molecule has 7 heteroatoms. The van der Waals surface area contributed by atoms with E-state index in [0.717, 1.165) is 22.0 Å². The molecule has 5 nitrogen and oxygen atoms in total. The molecule has 1 amide bonds. The van der Waals surface area contributed by atoms with E-state index in [4.69, 9.17) is 0 Å². The van der Waals surface area contributed by atoms with Crippen molar-refractivity contribution in [2.75, 3.05) is 16.2 Å². The van der Waals surface area contributed by atoms with Crippen LogP contribution in [-0.4, -0.2) is 20.9 Å². The van der Waals surface area contributed by atoms with E-state index >= 15 is 0 Å². The lowest BCUT2D eigenvalue weighted by Crippen LogP contribution is -2.35. The van der Waals surface area contributed by atoms with Crippen LogP contribution < -0.4 is 9.62 Å². The average molecular weight is 485 g/mol. The normalized spacial score (nSPS) is 13.6. The second kappa shape index (κ2) is 8.24. The Morgan fingerprint density at radius 1 is 1.00 bits per heavy atom. The first kappa shape index (κ1) is 20.6. The van der Waals surface area contributed by atoms with Crippen molar-refractivity contribution < 1.29 is 13.2 Å². The van der Waals surface area contributed by atoms with Gasteiger partial charge in [0.25, 0.3) is 15.9 Å². The first-order valence-corrected chi connectivity index (χ1v) is 11.9. The van der Waals surface area contributed by atoms with Crippen molar-refractivity contribution >= 4 is 43.2 Å². The van der Waals surface area contributed by atoms with Crippen molar-refractivity contribution in [1.82, 2.24) is 0 Å². The van der Waals surface area contributed by atoms with Crippen molar-refractivity contribution in [3.8, 4) is 0 Å². The van der Waals surface area contributed by atoms with Gasteiger partial charge in [-0.05, 0) is 79.9 Å². The molecule has 0 fully saturated rings. The lowest BCUT2D eigenvalue weighted by atomic mass is 10.0. The number of aryl methyl sites for hydroxylation is 2. The average Bonchev–Trinajstić information content (AvgIpc) is 2.74. The third-order valence-corrected chi connectivity index (χ3v) is 7.48. The monoisotopic (exact) mass is 484 g/mol. The molecule has 0 atom stereocenters. The number of rotatable bonds is 4. The number of nitrogens with one attached hydrogen (secondary N) is 1. The maximum atomic E-state index is 13.2. The smallest absolute Gasteiger partial charge is 0.264 e. The van der Waals surface area contributed by atoms with E-state index in [1.54, 1.807) is 42.5 Å². The van der Waals surface area contributed by atoms with E-state index in [2.05, 4.69) is 21.2 Å². The zero-order valence-electron chi connectivity index (χ0n) is 16.4. The molecule has 0 saturated carbocycles. The highest BCUT2D eigenvalue weighted by Crippen LogP contribution is 2.33. The molecule has 0 unspecified atom stereocenters. The van der Waals surface area contributed by atoms with Crippen LogP contribution in [0.3, 0.4) is 0 Å². The minimum absolute atomic E-state index is 0.223. The van der Waals surface area contributed by atoms with Crippen LogP contribution in [-0.2, 0) is 16.4 Å². The Labute approximate surface area is 184 Å². The van der Waals surface area contributed by atoms with Crippen LogP contribution in [0.15, 0.2) is 76.1 Å². The number of nitrogens with zero attached hydrogens (tertiary/aromatic N) is 1. The van der Waals surface area contributed by atoms with Crippen molar-refractivity contribution in [2.24, 2.45) is 0 Å².